The van der Waals surface area contributed by atoms with E-state index in [2.05, 4.69) is 0 Å². The van der Waals surface area contributed by atoms with Crippen molar-refractivity contribution in [3.63, 3.8) is 0 Å². The molecular formula is C10H21NO3. The van der Waals surface area contributed by atoms with Gasteiger partial charge in [-0.25, -0.2) is 0 Å². The molecule has 0 spiro atoms. The first-order chi connectivity index (χ1) is 6.10. The lowest BCUT2D eigenvalue weighted by atomic mass is 9.99. The highest BCUT2D eigenvalue weighted by Gasteiger charge is 2.35. The number of rotatable bonds is 3. The molecule has 0 aliphatic carbocycles. The molecule has 0 fully saturated rings. The monoisotopic (exact) mass is 203 g/mol. The van der Waals surface area contributed by atoms with Gasteiger partial charge in [-0.15, -0.1) is 0 Å². The van der Waals surface area contributed by atoms with Gasteiger partial charge in [0.15, 0.2) is 0 Å². The highest BCUT2D eigenvalue weighted by molar-refractivity contribution is 5.77. The van der Waals surface area contributed by atoms with Crippen molar-refractivity contribution in [1.29, 1.82) is 0 Å². The fourth-order valence-corrected chi connectivity index (χ4v) is 0.776. The third-order valence-electron chi connectivity index (χ3n) is 1.94. The second-order valence-electron chi connectivity index (χ2n) is 4.82. The van der Waals surface area contributed by atoms with E-state index in [0.29, 0.717) is 0 Å². The molecule has 0 unspecified atom stereocenters. The minimum atomic E-state index is -0.772. The van der Waals surface area contributed by atoms with E-state index in [1.165, 1.54) is 7.11 Å². The summed E-state index contributed by atoms with van der Waals surface area (Å²) in [7, 11) is 1.52. The Labute approximate surface area is 85.8 Å². The molecule has 4 nitrogen and oxygen atoms in total. The van der Waals surface area contributed by atoms with Crippen LogP contribution in [0.3, 0.4) is 0 Å². The average molecular weight is 203 g/mol. The molecule has 0 saturated carbocycles. The first-order valence-corrected chi connectivity index (χ1v) is 4.64. The molecule has 0 radical (unpaired) electrons. The normalized spacial score (nSPS) is 15.1. The van der Waals surface area contributed by atoms with Gasteiger partial charge in [0.1, 0.15) is 11.6 Å². The Kier molecular flexibility index (Phi) is 4.09. The average Bonchev–Trinajstić information content (AvgIpc) is 2.00. The van der Waals surface area contributed by atoms with Crippen molar-refractivity contribution in [1.82, 2.24) is 0 Å². The Morgan fingerprint density at radius 2 is 1.64 bits per heavy atom. The molecule has 0 aromatic rings. The second kappa shape index (κ2) is 4.28. The van der Waals surface area contributed by atoms with Crippen LogP contribution in [0.1, 0.15) is 34.6 Å². The fourth-order valence-electron chi connectivity index (χ4n) is 0.776. The third-order valence-corrected chi connectivity index (χ3v) is 1.94. The maximum atomic E-state index is 11.5. The van der Waals surface area contributed by atoms with Crippen LogP contribution in [-0.2, 0) is 14.3 Å². The van der Waals surface area contributed by atoms with Gasteiger partial charge in [0.2, 0.25) is 0 Å². The quantitative estimate of drug-likeness (QED) is 0.697. The highest BCUT2D eigenvalue weighted by atomic mass is 16.6. The van der Waals surface area contributed by atoms with Gasteiger partial charge in [0, 0.05) is 7.11 Å². The molecule has 4 heteroatoms. The first-order valence-electron chi connectivity index (χ1n) is 4.64. The highest BCUT2D eigenvalue weighted by Crippen LogP contribution is 2.16. The van der Waals surface area contributed by atoms with Crippen LogP contribution in [0.25, 0.3) is 0 Å². The molecule has 0 aliphatic rings. The number of hydrogen-bond acceptors (Lipinski definition) is 4. The Morgan fingerprint density at radius 3 is 1.93 bits per heavy atom. The van der Waals surface area contributed by atoms with Crippen molar-refractivity contribution in [3.05, 3.63) is 0 Å². The van der Waals surface area contributed by atoms with Gasteiger partial charge in [-0.2, -0.15) is 0 Å². The van der Waals surface area contributed by atoms with Crippen molar-refractivity contribution < 1.29 is 14.3 Å². The summed E-state index contributed by atoms with van der Waals surface area (Å²) in [6.45, 7) is 8.91. The molecule has 2 N–H and O–H groups in total. The lowest BCUT2D eigenvalue weighted by Crippen LogP contribution is -2.52. The van der Waals surface area contributed by atoms with Crippen molar-refractivity contribution >= 4 is 5.97 Å². The van der Waals surface area contributed by atoms with Crippen LogP contribution in [-0.4, -0.2) is 30.3 Å². The summed E-state index contributed by atoms with van der Waals surface area (Å²) in [4.78, 5) is 11.5. The molecule has 0 bridgehead atoms. The van der Waals surface area contributed by atoms with Gasteiger partial charge in [-0.1, -0.05) is 0 Å². The van der Waals surface area contributed by atoms with E-state index in [0.717, 1.165) is 0 Å². The standard InChI is InChI=1S/C10H21NO3/c1-9(2,3)14-8(12)7(11)10(4,5)13-6/h7H,11H2,1-6H3/t7-/m0/s1. The van der Waals surface area contributed by atoms with Gasteiger partial charge in [0.25, 0.3) is 0 Å². The number of ether oxygens (including phenoxy) is 2. The van der Waals surface area contributed by atoms with Crippen LogP contribution in [0, 0.1) is 0 Å². The molecule has 0 saturated heterocycles. The Hall–Kier alpha value is -0.610. The molecule has 14 heavy (non-hydrogen) atoms. The molecule has 0 rings (SSSR count). The van der Waals surface area contributed by atoms with E-state index in [1.807, 2.05) is 0 Å². The summed E-state index contributed by atoms with van der Waals surface area (Å²) in [6.07, 6.45) is 0. The number of methoxy groups -OCH3 is 1. The van der Waals surface area contributed by atoms with E-state index in [1.54, 1.807) is 34.6 Å². The minimum Gasteiger partial charge on any atom is -0.459 e. The lowest BCUT2D eigenvalue weighted by Gasteiger charge is -2.30. The van der Waals surface area contributed by atoms with Crippen molar-refractivity contribution in [2.45, 2.75) is 51.9 Å². The Morgan fingerprint density at radius 1 is 1.21 bits per heavy atom. The number of nitrogens with two attached hydrogens (primary N) is 1. The van der Waals surface area contributed by atoms with E-state index < -0.39 is 23.2 Å². The molecule has 0 aromatic heterocycles. The Bertz CT molecular complexity index is 206. The maximum absolute atomic E-state index is 11.5. The lowest BCUT2D eigenvalue weighted by molar-refractivity contribution is -0.163. The number of carbonyl (C=O) groups is 1. The molecule has 84 valence electrons. The molecule has 0 aliphatic heterocycles. The van der Waals surface area contributed by atoms with Crippen LogP contribution in [0.15, 0.2) is 0 Å². The molecule has 0 heterocycles. The topological polar surface area (TPSA) is 61.5 Å². The smallest absolute Gasteiger partial charge is 0.326 e. The molecular weight excluding hydrogens is 182 g/mol. The second-order valence-corrected chi connectivity index (χ2v) is 4.82. The largest absolute Gasteiger partial charge is 0.459 e. The zero-order chi connectivity index (χ0) is 11.6. The maximum Gasteiger partial charge on any atom is 0.326 e. The van der Waals surface area contributed by atoms with E-state index in [4.69, 9.17) is 15.2 Å². The first kappa shape index (κ1) is 13.4. The predicted molar refractivity (Wildman–Crippen MR) is 54.9 cm³/mol. The molecule has 1 atom stereocenters. The van der Waals surface area contributed by atoms with Crippen LogP contribution in [0.5, 0.6) is 0 Å². The number of hydrogen-bond donors (Lipinski definition) is 1. The van der Waals surface area contributed by atoms with Crippen LogP contribution in [0.2, 0.25) is 0 Å². The summed E-state index contributed by atoms with van der Waals surface area (Å²) >= 11 is 0. The van der Waals surface area contributed by atoms with Crippen LogP contribution < -0.4 is 5.73 Å². The van der Waals surface area contributed by atoms with Gasteiger partial charge < -0.3 is 15.2 Å². The van der Waals surface area contributed by atoms with Crippen molar-refractivity contribution in [3.8, 4) is 0 Å². The Balaban J connectivity index is 4.41. The van der Waals surface area contributed by atoms with E-state index in [-0.39, 0.29) is 0 Å². The van der Waals surface area contributed by atoms with Gasteiger partial charge in [-0.05, 0) is 34.6 Å². The van der Waals surface area contributed by atoms with E-state index in [9.17, 15) is 4.79 Å². The summed E-state index contributed by atoms with van der Waals surface area (Å²) in [5, 5.41) is 0. The van der Waals surface area contributed by atoms with E-state index >= 15 is 0 Å². The minimum absolute atomic E-state index is 0.440. The molecule has 0 aromatic carbocycles. The fraction of sp³-hybridized carbons (Fsp3) is 0.900. The van der Waals surface area contributed by atoms with Crippen molar-refractivity contribution in [2.24, 2.45) is 5.73 Å². The van der Waals surface area contributed by atoms with Crippen LogP contribution >= 0.6 is 0 Å². The van der Waals surface area contributed by atoms with Gasteiger partial charge in [0.05, 0.1) is 5.60 Å². The zero-order valence-electron chi connectivity index (χ0n) is 9.88. The summed E-state index contributed by atoms with van der Waals surface area (Å²) in [5.74, 6) is -0.440. The number of esters is 1. The predicted octanol–water partition coefficient (Wildman–Crippen LogP) is 1.08. The third kappa shape index (κ3) is 4.07. The van der Waals surface area contributed by atoms with Gasteiger partial charge in [-0.3, -0.25) is 4.79 Å². The van der Waals surface area contributed by atoms with Crippen molar-refractivity contribution in [2.75, 3.05) is 7.11 Å². The van der Waals surface area contributed by atoms with Crippen LogP contribution in [0.4, 0.5) is 0 Å². The summed E-state index contributed by atoms with van der Waals surface area (Å²) in [5.41, 5.74) is 4.49. The number of carbonyl (C=O) groups excluding carboxylic acids is 1. The SMILES string of the molecule is COC(C)(C)[C@@H](N)C(=O)OC(C)(C)C. The zero-order valence-corrected chi connectivity index (χ0v) is 9.88. The molecule has 0 amide bonds. The summed E-state index contributed by atoms with van der Waals surface area (Å²) in [6, 6.07) is -0.772. The summed E-state index contributed by atoms with van der Waals surface area (Å²) < 4.78 is 10.3. The van der Waals surface area contributed by atoms with Gasteiger partial charge >= 0.3 is 5.97 Å².